The highest BCUT2D eigenvalue weighted by atomic mass is 35.5. The van der Waals surface area contributed by atoms with Gasteiger partial charge in [-0.15, -0.1) is 0 Å². The molecule has 0 atom stereocenters. The third-order valence-corrected chi connectivity index (χ3v) is 8.59. The van der Waals surface area contributed by atoms with Crippen LogP contribution in [0.2, 0.25) is 10.0 Å². The highest BCUT2D eigenvalue weighted by molar-refractivity contribution is 6.35. The van der Waals surface area contributed by atoms with E-state index in [1.807, 2.05) is 23.1 Å². The van der Waals surface area contributed by atoms with Crippen LogP contribution in [-0.2, 0) is 10.2 Å². The number of pyridine rings is 1. The Kier molecular flexibility index (Phi) is 10.3. The van der Waals surface area contributed by atoms with Crippen molar-refractivity contribution in [3.05, 3.63) is 123 Å². The molecule has 4 amide bonds. The molecular formula is C35H33Cl2N5O4. The van der Waals surface area contributed by atoms with Crippen LogP contribution in [0.15, 0.2) is 91.1 Å². The number of piperidine rings is 1. The van der Waals surface area contributed by atoms with E-state index < -0.39 is 5.91 Å². The van der Waals surface area contributed by atoms with E-state index in [1.54, 1.807) is 66.7 Å². The Hall–Kier alpha value is -4.73. The Balaban J connectivity index is 0.000000400. The average Bonchev–Trinajstić information content (AvgIpc) is 3.85. The Morgan fingerprint density at radius 2 is 1.57 bits per heavy atom. The fourth-order valence-corrected chi connectivity index (χ4v) is 5.65. The van der Waals surface area contributed by atoms with Crippen molar-refractivity contribution in [1.29, 1.82) is 0 Å². The second-order valence-electron chi connectivity index (χ2n) is 11.3. The van der Waals surface area contributed by atoms with Gasteiger partial charge in [0.15, 0.2) is 0 Å². The summed E-state index contributed by atoms with van der Waals surface area (Å²) < 4.78 is 0. The summed E-state index contributed by atoms with van der Waals surface area (Å²) in [4.78, 5) is 54.8. The molecule has 3 aromatic carbocycles. The smallest absolute Gasteiger partial charge is 0.258 e. The predicted octanol–water partition coefficient (Wildman–Crippen LogP) is 6.72. The number of likely N-dealkylation sites (tertiary alicyclic amines) is 1. The van der Waals surface area contributed by atoms with E-state index in [1.165, 1.54) is 6.20 Å². The van der Waals surface area contributed by atoms with Crippen molar-refractivity contribution in [2.24, 2.45) is 5.73 Å². The number of hydrogen-bond donors (Lipinski definition) is 3. The first-order chi connectivity index (χ1) is 22.1. The lowest BCUT2D eigenvalue weighted by Crippen LogP contribution is -2.40. The van der Waals surface area contributed by atoms with Crippen LogP contribution in [0, 0.1) is 0 Å². The highest BCUT2D eigenvalue weighted by Gasteiger charge is 2.46. The summed E-state index contributed by atoms with van der Waals surface area (Å²) in [6, 6.07) is 24.3. The normalized spacial score (nSPS) is 14.8. The van der Waals surface area contributed by atoms with Crippen LogP contribution in [0.4, 0.5) is 11.5 Å². The lowest BCUT2D eigenvalue weighted by Gasteiger charge is -2.31. The molecule has 1 saturated heterocycles. The summed E-state index contributed by atoms with van der Waals surface area (Å²) in [5.74, 6) is -0.668. The van der Waals surface area contributed by atoms with Gasteiger partial charge in [-0.05, 0) is 79.8 Å². The fourth-order valence-electron chi connectivity index (χ4n) is 5.32. The van der Waals surface area contributed by atoms with Gasteiger partial charge in [0.2, 0.25) is 11.8 Å². The summed E-state index contributed by atoms with van der Waals surface area (Å²) in [5, 5.41) is 6.17. The van der Waals surface area contributed by atoms with Gasteiger partial charge in [-0.25, -0.2) is 4.98 Å². The minimum atomic E-state index is -0.467. The van der Waals surface area contributed by atoms with Gasteiger partial charge < -0.3 is 21.3 Å². The van der Waals surface area contributed by atoms with Crippen molar-refractivity contribution in [1.82, 2.24) is 9.88 Å². The molecule has 2 fully saturated rings. The van der Waals surface area contributed by atoms with Crippen LogP contribution >= 0.6 is 23.2 Å². The number of carbonyl (C=O) groups is 4. The number of carbonyl (C=O) groups excluding carboxylic acids is 4. The molecule has 2 aliphatic rings. The number of nitrogens with zero attached hydrogens (tertiary/aromatic N) is 2. The summed E-state index contributed by atoms with van der Waals surface area (Å²) >= 11 is 12.2. The van der Waals surface area contributed by atoms with Crippen LogP contribution in [0.25, 0.3) is 0 Å². The number of nitrogens with two attached hydrogens (primary N) is 1. The molecule has 4 aromatic rings. The van der Waals surface area contributed by atoms with Gasteiger partial charge in [0.25, 0.3) is 11.8 Å². The van der Waals surface area contributed by atoms with Crippen molar-refractivity contribution in [3.63, 3.8) is 0 Å². The maximum Gasteiger partial charge on any atom is 0.258 e. The zero-order valence-electron chi connectivity index (χ0n) is 25.0. The van der Waals surface area contributed by atoms with Crippen molar-refractivity contribution in [2.75, 3.05) is 23.7 Å². The minimum Gasteiger partial charge on any atom is -0.366 e. The molecule has 0 unspecified atom stereocenters. The molecule has 6 rings (SSSR count). The lowest BCUT2D eigenvalue weighted by molar-refractivity contribution is -0.133. The Morgan fingerprint density at radius 1 is 0.826 bits per heavy atom. The molecule has 9 nitrogen and oxygen atoms in total. The van der Waals surface area contributed by atoms with Crippen LogP contribution < -0.4 is 16.4 Å². The van der Waals surface area contributed by atoms with E-state index in [4.69, 9.17) is 28.9 Å². The van der Waals surface area contributed by atoms with Gasteiger partial charge in [-0.1, -0.05) is 59.6 Å². The standard InChI is InChI=1S/C28H26Cl2N4O3.C7H7NO/c29-20-11-12-23(31-16-20)32-27(37)21-4-3-5-22(30)25(21)33-26(36)18-7-9-19(10-8-18)28(13-14-28)17-34-15-2-1-6-24(34)35;8-7(9)6-4-2-1-3-5-6/h3-5,7-12,16H,1-2,6,13-15,17H2,(H,33,36)(H,31,32,37);1-5H,(H2,8,9). The van der Waals surface area contributed by atoms with Crippen LogP contribution in [0.3, 0.4) is 0 Å². The number of para-hydroxylation sites is 1. The van der Waals surface area contributed by atoms with Gasteiger partial charge in [-0.3, -0.25) is 19.2 Å². The van der Waals surface area contributed by atoms with E-state index in [9.17, 15) is 19.2 Å². The highest BCUT2D eigenvalue weighted by Crippen LogP contribution is 2.49. The molecule has 0 radical (unpaired) electrons. The third-order valence-electron chi connectivity index (χ3n) is 8.05. The van der Waals surface area contributed by atoms with Crippen molar-refractivity contribution in [3.8, 4) is 0 Å². The predicted molar refractivity (Wildman–Crippen MR) is 179 cm³/mol. The van der Waals surface area contributed by atoms with Gasteiger partial charge >= 0.3 is 0 Å². The summed E-state index contributed by atoms with van der Waals surface area (Å²) in [7, 11) is 0. The fraction of sp³-hybridized carbons (Fsp3) is 0.229. The molecule has 0 bridgehead atoms. The quantitative estimate of drug-likeness (QED) is 0.193. The number of amides is 4. The van der Waals surface area contributed by atoms with E-state index in [0.29, 0.717) is 28.4 Å². The molecule has 236 valence electrons. The topological polar surface area (TPSA) is 134 Å². The number of rotatable bonds is 8. The second kappa shape index (κ2) is 14.6. The van der Waals surface area contributed by atoms with Crippen molar-refractivity contribution < 1.29 is 19.2 Å². The maximum atomic E-state index is 13.1. The summed E-state index contributed by atoms with van der Waals surface area (Å²) in [6.07, 6.45) is 6.15. The average molecular weight is 659 g/mol. The van der Waals surface area contributed by atoms with E-state index >= 15 is 0 Å². The molecule has 0 spiro atoms. The molecule has 46 heavy (non-hydrogen) atoms. The Labute approximate surface area is 277 Å². The number of aromatic nitrogens is 1. The van der Waals surface area contributed by atoms with Gasteiger partial charge in [0, 0.05) is 42.2 Å². The first kappa shape index (κ1) is 32.7. The maximum absolute atomic E-state index is 13.1. The zero-order valence-corrected chi connectivity index (χ0v) is 26.5. The third kappa shape index (κ3) is 8.10. The Morgan fingerprint density at radius 3 is 2.17 bits per heavy atom. The van der Waals surface area contributed by atoms with Crippen molar-refractivity contribution >= 4 is 58.3 Å². The largest absolute Gasteiger partial charge is 0.366 e. The van der Waals surface area contributed by atoms with Gasteiger partial charge in [-0.2, -0.15) is 0 Å². The molecule has 1 aliphatic carbocycles. The number of anilines is 2. The summed E-state index contributed by atoms with van der Waals surface area (Å²) in [5.41, 5.74) is 7.51. The Bertz CT molecular complexity index is 1730. The zero-order chi connectivity index (χ0) is 32.7. The van der Waals surface area contributed by atoms with E-state index in [-0.39, 0.29) is 39.4 Å². The monoisotopic (exact) mass is 657 g/mol. The first-order valence-electron chi connectivity index (χ1n) is 14.9. The van der Waals surface area contributed by atoms with Crippen LogP contribution in [-0.4, -0.2) is 46.6 Å². The summed E-state index contributed by atoms with van der Waals surface area (Å²) in [6.45, 7) is 1.56. The SMILES string of the molecule is NC(=O)c1ccccc1.O=C(Nc1c(Cl)cccc1C(=O)Nc1ccc(Cl)cn1)c1ccc(C2(CN3CCCCC3=O)CC2)cc1. The van der Waals surface area contributed by atoms with Gasteiger partial charge in [0.1, 0.15) is 5.82 Å². The lowest BCUT2D eigenvalue weighted by atomic mass is 9.93. The van der Waals surface area contributed by atoms with Crippen LogP contribution in [0.1, 0.15) is 68.7 Å². The number of halogens is 2. The van der Waals surface area contributed by atoms with Crippen molar-refractivity contribution in [2.45, 2.75) is 37.5 Å². The first-order valence-corrected chi connectivity index (χ1v) is 15.7. The molecule has 1 saturated carbocycles. The number of primary amides is 1. The second-order valence-corrected chi connectivity index (χ2v) is 12.1. The molecular weight excluding hydrogens is 625 g/mol. The molecule has 4 N–H and O–H groups in total. The molecule has 2 heterocycles. The van der Waals surface area contributed by atoms with E-state index in [2.05, 4.69) is 15.6 Å². The molecule has 1 aliphatic heterocycles. The molecule has 1 aromatic heterocycles. The molecule has 11 heteroatoms. The van der Waals surface area contributed by atoms with Crippen LogP contribution in [0.5, 0.6) is 0 Å². The number of benzene rings is 3. The number of hydrogen-bond acceptors (Lipinski definition) is 5. The van der Waals surface area contributed by atoms with E-state index in [0.717, 1.165) is 44.3 Å². The van der Waals surface area contributed by atoms with Gasteiger partial charge in [0.05, 0.1) is 21.3 Å². The minimum absolute atomic E-state index is 0.0221. The number of nitrogens with one attached hydrogen (secondary N) is 2.